The number of hydrogen-bond acceptors (Lipinski definition) is 4. The number of amides is 2. The molecule has 0 aromatic carbocycles. The van der Waals surface area contributed by atoms with Crippen molar-refractivity contribution < 1.29 is 14.7 Å². The number of rotatable bonds is 4. The number of amidine groups is 1. The summed E-state index contributed by atoms with van der Waals surface area (Å²) < 4.78 is 5.15. The normalized spacial score (nSPS) is 24.1. The third kappa shape index (κ3) is 3.48. The van der Waals surface area contributed by atoms with Gasteiger partial charge in [0, 0.05) is 6.61 Å². The first kappa shape index (κ1) is 13.6. The van der Waals surface area contributed by atoms with Crippen LogP contribution in [0.4, 0.5) is 4.79 Å². The molecule has 0 spiro atoms. The summed E-state index contributed by atoms with van der Waals surface area (Å²) in [7, 11) is 0. The average molecular weight is 244 g/mol. The Labute approximate surface area is 100 Å². The number of nitrogens with two attached hydrogens (primary N) is 1. The lowest BCUT2D eigenvalue weighted by molar-refractivity contribution is 0.187. The maximum atomic E-state index is 11.7. The Bertz CT molecular complexity index is 302. The zero-order valence-corrected chi connectivity index (χ0v) is 10.2. The van der Waals surface area contributed by atoms with Crippen molar-refractivity contribution in [2.75, 3.05) is 13.2 Å². The predicted octanol–water partition coefficient (Wildman–Crippen LogP) is -0.0104. The number of carbonyl (C=O) groups is 1. The van der Waals surface area contributed by atoms with Crippen molar-refractivity contribution in [2.24, 2.45) is 10.9 Å². The molecule has 17 heavy (non-hydrogen) atoms. The predicted molar refractivity (Wildman–Crippen MR) is 63.0 cm³/mol. The Hall–Kier alpha value is -1.50. The van der Waals surface area contributed by atoms with Crippen molar-refractivity contribution in [2.45, 2.75) is 38.3 Å². The summed E-state index contributed by atoms with van der Waals surface area (Å²) in [5, 5.41) is 17.1. The quantitative estimate of drug-likeness (QED) is 0.241. The van der Waals surface area contributed by atoms with Gasteiger partial charge in [0.2, 0.25) is 0 Å². The molecule has 2 unspecified atom stereocenters. The number of carbonyl (C=O) groups excluding carboxylic acids is 1. The lowest BCUT2D eigenvalue weighted by atomic mass is 9.98. The van der Waals surface area contributed by atoms with E-state index in [1.807, 2.05) is 6.92 Å². The smallest absolute Gasteiger partial charge is 0.315 e. The van der Waals surface area contributed by atoms with Crippen molar-refractivity contribution in [3.05, 3.63) is 0 Å². The highest BCUT2D eigenvalue weighted by molar-refractivity contribution is 5.93. The van der Waals surface area contributed by atoms with Gasteiger partial charge >= 0.3 is 6.03 Å². The first-order chi connectivity index (χ1) is 8.01. The SMILES string of the molecule is CCC(C)(NC(=O)NC1CCOC1)C(N)=NO. The summed E-state index contributed by atoms with van der Waals surface area (Å²) in [6, 6.07) is -0.306. The fourth-order valence-electron chi connectivity index (χ4n) is 1.56. The van der Waals surface area contributed by atoms with Gasteiger partial charge in [-0.2, -0.15) is 0 Å². The van der Waals surface area contributed by atoms with Crippen LogP contribution in [0.2, 0.25) is 0 Å². The zero-order chi connectivity index (χ0) is 12.9. The third-order valence-electron chi connectivity index (χ3n) is 3.03. The second-order valence-corrected chi connectivity index (χ2v) is 4.33. The molecular weight excluding hydrogens is 224 g/mol. The van der Waals surface area contributed by atoms with E-state index in [4.69, 9.17) is 15.7 Å². The molecule has 7 heteroatoms. The van der Waals surface area contributed by atoms with Gasteiger partial charge in [-0.3, -0.25) is 0 Å². The van der Waals surface area contributed by atoms with E-state index in [-0.39, 0.29) is 17.9 Å². The maximum absolute atomic E-state index is 11.7. The van der Waals surface area contributed by atoms with Crippen molar-refractivity contribution in [3.63, 3.8) is 0 Å². The fraction of sp³-hybridized carbons (Fsp3) is 0.800. The topological polar surface area (TPSA) is 109 Å². The lowest BCUT2D eigenvalue weighted by Crippen LogP contribution is -2.58. The minimum atomic E-state index is -0.849. The monoisotopic (exact) mass is 244 g/mol. The maximum Gasteiger partial charge on any atom is 0.315 e. The first-order valence-electron chi connectivity index (χ1n) is 5.66. The van der Waals surface area contributed by atoms with Gasteiger partial charge in [0.05, 0.1) is 18.2 Å². The highest BCUT2D eigenvalue weighted by Gasteiger charge is 2.30. The largest absolute Gasteiger partial charge is 0.409 e. The third-order valence-corrected chi connectivity index (χ3v) is 3.03. The molecule has 0 radical (unpaired) electrons. The van der Waals surface area contributed by atoms with Gasteiger partial charge in [-0.15, -0.1) is 0 Å². The van der Waals surface area contributed by atoms with Crippen LogP contribution in [0.1, 0.15) is 26.7 Å². The Kier molecular flexibility index (Phi) is 4.56. The first-order valence-corrected chi connectivity index (χ1v) is 5.66. The minimum absolute atomic E-state index is 0.0159. The second-order valence-electron chi connectivity index (χ2n) is 4.33. The van der Waals surface area contributed by atoms with E-state index >= 15 is 0 Å². The number of oxime groups is 1. The molecular formula is C10H20N4O3. The average Bonchev–Trinajstić information content (AvgIpc) is 2.80. The van der Waals surface area contributed by atoms with Crippen LogP contribution in [0.3, 0.4) is 0 Å². The summed E-state index contributed by atoms with van der Waals surface area (Å²) >= 11 is 0. The molecule has 1 aliphatic heterocycles. The van der Waals surface area contributed by atoms with E-state index in [2.05, 4.69) is 15.8 Å². The fourth-order valence-corrected chi connectivity index (χ4v) is 1.56. The Morgan fingerprint density at radius 3 is 2.88 bits per heavy atom. The standard InChI is InChI=1S/C10H20N4O3/c1-3-10(2,8(11)14-16)13-9(15)12-7-4-5-17-6-7/h7,16H,3-6H2,1-2H3,(H2,11,14)(H2,12,13,15). The van der Waals surface area contributed by atoms with Crippen LogP contribution in [0.5, 0.6) is 0 Å². The van der Waals surface area contributed by atoms with E-state index in [1.54, 1.807) is 6.92 Å². The molecule has 0 saturated carbocycles. The molecule has 0 aromatic heterocycles. The molecule has 1 saturated heterocycles. The molecule has 0 bridgehead atoms. The van der Waals surface area contributed by atoms with Gasteiger partial charge in [-0.25, -0.2) is 4.79 Å². The molecule has 1 heterocycles. The summed E-state index contributed by atoms with van der Waals surface area (Å²) in [5.41, 5.74) is 4.70. The van der Waals surface area contributed by atoms with Crippen LogP contribution in [-0.4, -0.2) is 41.9 Å². The number of urea groups is 1. The van der Waals surface area contributed by atoms with E-state index in [0.717, 1.165) is 6.42 Å². The van der Waals surface area contributed by atoms with Crippen LogP contribution in [-0.2, 0) is 4.74 Å². The zero-order valence-electron chi connectivity index (χ0n) is 10.2. The molecule has 1 fully saturated rings. The molecule has 2 amide bonds. The van der Waals surface area contributed by atoms with Crippen LogP contribution in [0, 0.1) is 0 Å². The number of hydrogen-bond donors (Lipinski definition) is 4. The Morgan fingerprint density at radius 1 is 1.71 bits per heavy atom. The number of ether oxygens (including phenoxy) is 1. The van der Waals surface area contributed by atoms with Gasteiger partial charge < -0.3 is 26.3 Å². The van der Waals surface area contributed by atoms with Crippen LogP contribution >= 0.6 is 0 Å². The second kappa shape index (κ2) is 5.72. The van der Waals surface area contributed by atoms with Crippen LogP contribution in [0.25, 0.3) is 0 Å². The Balaban J connectivity index is 2.52. The van der Waals surface area contributed by atoms with E-state index in [1.165, 1.54) is 0 Å². The number of nitrogens with zero attached hydrogens (tertiary/aromatic N) is 1. The highest BCUT2D eigenvalue weighted by Crippen LogP contribution is 2.09. The highest BCUT2D eigenvalue weighted by atomic mass is 16.5. The van der Waals surface area contributed by atoms with Gasteiger partial charge in [-0.05, 0) is 19.8 Å². The van der Waals surface area contributed by atoms with E-state index < -0.39 is 5.54 Å². The van der Waals surface area contributed by atoms with Crippen LogP contribution in [0.15, 0.2) is 5.16 Å². The summed E-state index contributed by atoms with van der Waals surface area (Å²) in [5.74, 6) is -0.0159. The van der Waals surface area contributed by atoms with Crippen molar-refractivity contribution in [1.82, 2.24) is 10.6 Å². The minimum Gasteiger partial charge on any atom is -0.409 e. The molecule has 1 aliphatic rings. The number of nitrogens with one attached hydrogen (secondary N) is 2. The summed E-state index contributed by atoms with van der Waals surface area (Å²) in [6.07, 6.45) is 1.33. The molecule has 7 nitrogen and oxygen atoms in total. The molecule has 1 rings (SSSR count). The molecule has 0 aromatic rings. The molecule has 98 valence electrons. The summed E-state index contributed by atoms with van der Waals surface area (Å²) in [6.45, 7) is 4.74. The lowest BCUT2D eigenvalue weighted by Gasteiger charge is -2.28. The van der Waals surface area contributed by atoms with Crippen molar-refractivity contribution in [1.29, 1.82) is 0 Å². The van der Waals surface area contributed by atoms with Gasteiger partial charge in [0.25, 0.3) is 0 Å². The van der Waals surface area contributed by atoms with Crippen molar-refractivity contribution in [3.8, 4) is 0 Å². The summed E-state index contributed by atoms with van der Waals surface area (Å²) in [4.78, 5) is 11.7. The molecule has 0 aliphatic carbocycles. The van der Waals surface area contributed by atoms with E-state index in [0.29, 0.717) is 19.6 Å². The Morgan fingerprint density at radius 2 is 2.41 bits per heavy atom. The van der Waals surface area contributed by atoms with Gasteiger partial charge in [-0.1, -0.05) is 12.1 Å². The van der Waals surface area contributed by atoms with Gasteiger partial charge in [0.15, 0.2) is 5.84 Å². The molecule has 2 atom stereocenters. The van der Waals surface area contributed by atoms with Crippen LogP contribution < -0.4 is 16.4 Å². The van der Waals surface area contributed by atoms with E-state index in [9.17, 15) is 4.79 Å². The van der Waals surface area contributed by atoms with Crippen molar-refractivity contribution >= 4 is 11.9 Å². The van der Waals surface area contributed by atoms with Gasteiger partial charge in [0.1, 0.15) is 0 Å². The molecule has 5 N–H and O–H groups in total.